The number of carbonyl (C=O) groups excluding carboxylic acids is 2. The first kappa shape index (κ1) is 25.2. The second kappa shape index (κ2) is 12.1. The Balaban J connectivity index is 2.33. The molecular formula is C25H32Cl2N2O2. The normalized spacial score (nSPS) is 11.8. The number of hydrogen-bond donors (Lipinski definition) is 1. The number of halogens is 2. The minimum atomic E-state index is -0.568. The predicted molar refractivity (Wildman–Crippen MR) is 129 cm³/mol. The molecule has 0 saturated carbocycles. The largest absolute Gasteiger partial charge is 0.354 e. The van der Waals surface area contributed by atoms with Crippen molar-refractivity contribution >= 4 is 35.0 Å². The summed E-state index contributed by atoms with van der Waals surface area (Å²) in [5, 5.41) is 4.00. The highest BCUT2D eigenvalue weighted by atomic mass is 35.5. The molecule has 0 saturated heterocycles. The van der Waals surface area contributed by atoms with Crippen molar-refractivity contribution in [2.24, 2.45) is 0 Å². The number of unbranched alkanes of at least 4 members (excludes halogenated alkanes) is 1. The van der Waals surface area contributed by atoms with Crippen LogP contribution >= 0.6 is 23.2 Å². The van der Waals surface area contributed by atoms with E-state index in [4.69, 9.17) is 23.2 Å². The molecule has 6 heteroatoms. The van der Waals surface area contributed by atoms with Crippen molar-refractivity contribution < 1.29 is 9.59 Å². The number of amides is 2. The van der Waals surface area contributed by atoms with Crippen molar-refractivity contribution in [3.63, 3.8) is 0 Å². The molecule has 1 atom stereocenters. The lowest BCUT2D eigenvalue weighted by Gasteiger charge is -2.31. The lowest BCUT2D eigenvalue weighted by Crippen LogP contribution is -2.49. The van der Waals surface area contributed by atoms with E-state index in [1.165, 1.54) is 0 Å². The molecule has 0 aromatic heterocycles. The SMILES string of the molecule is CCCCNC(=O)C(CC)N(Cc1ccc(Cl)cc1Cl)C(=O)Cc1cc(C)ccc1C. The van der Waals surface area contributed by atoms with Crippen LogP contribution in [-0.2, 0) is 22.6 Å². The fourth-order valence-electron chi connectivity index (χ4n) is 3.51. The summed E-state index contributed by atoms with van der Waals surface area (Å²) in [6.07, 6.45) is 2.65. The molecule has 1 unspecified atom stereocenters. The fourth-order valence-corrected chi connectivity index (χ4v) is 3.98. The van der Waals surface area contributed by atoms with Crippen molar-refractivity contribution in [2.45, 2.75) is 66.0 Å². The lowest BCUT2D eigenvalue weighted by atomic mass is 10.0. The number of nitrogens with one attached hydrogen (secondary N) is 1. The highest BCUT2D eigenvalue weighted by molar-refractivity contribution is 6.35. The monoisotopic (exact) mass is 462 g/mol. The van der Waals surface area contributed by atoms with Crippen LogP contribution in [0.4, 0.5) is 0 Å². The van der Waals surface area contributed by atoms with Crippen LogP contribution in [0.3, 0.4) is 0 Å². The Morgan fingerprint density at radius 2 is 1.77 bits per heavy atom. The molecule has 0 radical (unpaired) electrons. The minimum Gasteiger partial charge on any atom is -0.354 e. The van der Waals surface area contributed by atoms with E-state index in [1.807, 2.05) is 45.0 Å². The molecule has 0 heterocycles. The second-order valence-corrected chi connectivity index (χ2v) is 8.78. The maximum Gasteiger partial charge on any atom is 0.242 e. The first-order chi connectivity index (χ1) is 14.8. The van der Waals surface area contributed by atoms with Gasteiger partial charge in [0.2, 0.25) is 11.8 Å². The third-order valence-electron chi connectivity index (χ3n) is 5.42. The van der Waals surface area contributed by atoms with Crippen LogP contribution in [0.15, 0.2) is 36.4 Å². The Hall–Kier alpha value is -2.04. The van der Waals surface area contributed by atoms with Crippen molar-refractivity contribution in [1.82, 2.24) is 10.2 Å². The average molecular weight is 463 g/mol. The van der Waals surface area contributed by atoms with Gasteiger partial charge in [-0.3, -0.25) is 9.59 Å². The van der Waals surface area contributed by atoms with E-state index < -0.39 is 6.04 Å². The zero-order valence-corrected chi connectivity index (χ0v) is 20.3. The molecule has 168 valence electrons. The van der Waals surface area contributed by atoms with E-state index in [2.05, 4.69) is 12.2 Å². The summed E-state index contributed by atoms with van der Waals surface area (Å²) in [6, 6.07) is 10.7. The number of nitrogens with zero attached hydrogens (tertiary/aromatic N) is 1. The van der Waals surface area contributed by atoms with E-state index in [1.54, 1.807) is 17.0 Å². The van der Waals surface area contributed by atoms with Gasteiger partial charge in [-0.15, -0.1) is 0 Å². The van der Waals surface area contributed by atoms with Crippen LogP contribution in [0, 0.1) is 13.8 Å². The second-order valence-electron chi connectivity index (χ2n) is 7.93. The minimum absolute atomic E-state index is 0.0998. The van der Waals surface area contributed by atoms with Gasteiger partial charge in [0.1, 0.15) is 6.04 Å². The molecule has 31 heavy (non-hydrogen) atoms. The van der Waals surface area contributed by atoms with Crippen molar-refractivity contribution in [1.29, 1.82) is 0 Å². The molecule has 4 nitrogen and oxygen atoms in total. The third kappa shape index (κ3) is 7.26. The molecule has 2 amide bonds. The van der Waals surface area contributed by atoms with Gasteiger partial charge in [-0.25, -0.2) is 0 Å². The molecule has 0 aliphatic carbocycles. The molecule has 2 aromatic carbocycles. The first-order valence-corrected chi connectivity index (χ1v) is 11.6. The summed E-state index contributed by atoms with van der Waals surface area (Å²) in [7, 11) is 0. The number of benzene rings is 2. The van der Waals surface area contributed by atoms with Crippen molar-refractivity contribution in [3.8, 4) is 0 Å². The van der Waals surface area contributed by atoms with Gasteiger partial charge in [0.25, 0.3) is 0 Å². The van der Waals surface area contributed by atoms with E-state index in [-0.39, 0.29) is 24.8 Å². The number of carbonyl (C=O) groups is 2. The van der Waals surface area contributed by atoms with Gasteiger partial charge in [-0.1, -0.05) is 73.3 Å². The van der Waals surface area contributed by atoms with Gasteiger partial charge in [-0.05, 0) is 55.5 Å². The summed E-state index contributed by atoms with van der Waals surface area (Å²) < 4.78 is 0. The zero-order chi connectivity index (χ0) is 23.0. The molecule has 0 spiro atoms. The van der Waals surface area contributed by atoms with Gasteiger partial charge < -0.3 is 10.2 Å². The molecule has 1 N–H and O–H groups in total. The third-order valence-corrected chi connectivity index (χ3v) is 6.00. The first-order valence-electron chi connectivity index (χ1n) is 10.8. The van der Waals surface area contributed by atoms with Crippen molar-refractivity contribution in [3.05, 3.63) is 68.7 Å². The Morgan fingerprint density at radius 3 is 2.42 bits per heavy atom. The van der Waals surface area contributed by atoms with Crippen molar-refractivity contribution in [2.75, 3.05) is 6.54 Å². The van der Waals surface area contributed by atoms with Crippen LogP contribution in [0.25, 0.3) is 0 Å². The molecule has 2 aromatic rings. The van der Waals surface area contributed by atoms with Crippen LogP contribution in [0.2, 0.25) is 10.0 Å². The smallest absolute Gasteiger partial charge is 0.242 e. The topological polar surface area (TPSA) is 49.4 Å². The van der Waals surface area contributed by atoms with E-state index in [0.29, 0.717) is 23.0 Å². The Kier molecular flexibility index (Phi) is 9.86. The maximum atomic E-state index is 13.5. The lowest BCUT2D eigenvalue weighted by molar-refractivity contribution is -0.140. The predicted octanol–water partition coefficient (Wildman–Crippen LogP) is 5.88. The molecule has 0 aliphatic heterocycles. The molecular weight excluding hydrogens is 431 g/mol. The molecule has 0 fully saturated rings. The van der Waals surface area contributed by atoms with Crippen LogP contribution in [0.5, 0.6) is 0 Å². The fraction of sp³-hybridized carbons (Fsp3) is 0.440. The van der Waals surface area contributed by atoms with Gasteiger partial charge in [-0.2, -0.15) is 0 Å². The van der Waals surface area contributed by atoms with Gasteiger partial charge >= 0.3 is 0 Å². The average Bonchev–Trinajstić information content (AvgIpc) is 2.72. The van der Waals surface area contributed by atoms with Gasteiger partial charge in [0, 0.05) is 23.1 Å². The summed E-state index contributed by atoms with van der Waals surface area (Å²) in [5.41, 5.74) is 3.90. The number of aryl methyl sites for hydroxylation is 2. The Morgan fingerprint density at radius 1 is 1.03 bits per heavy atom. The maximum absolute atomic E-state index is 13.5. The summed E-state index contributed by atoms with van der Waals surface area (Å²) in [4.78, 5) is 28.1. The molecule has 0 aliphatic rings. The summed E-state index contributed by atoms with van der Waals surface area (Å²) >= 11 is 12.4. The van der Waals surface area contributed by atoms with E-state index >= 15 is 0 Å². The summed E-state index contributed by atoms with van der Waals surface area (Å²) in [5.74, 6) is -0.229. The standard InChI is InChI=1S/C25H32Cl2N2O2/c1-5-7-12-28-25(31)23(6-2)29(16-19-10-11-21(26)15-22(19)27)24(30)14-20-13-17(3)8-9-18(20)4/h8-11,13,15,23H,5-7,12,14,16H2,1-4H3,(H,28,31). The van der Waals surface area contributed by atoms with E-state index in [0.717, 1.165) is 35.1 Å². The van der Waals surface area contributed by atoms with Gasteiger partial charge in [0.15, 0.2) is 0 Å². The van der Waals surface area contributed by atoms with Crippen LogP contribution < -0.4 is 5.32 Å². The summed E-state index contributed by atoms with van der Waals surface area (Å²) in [6.45, 7) is 8.86. The number of hydrogen-bond acceptors (Lipinski definition) is 2. The number of rotatable bonds is 10. The highest BCUT2D eigenvalue weighted by Gasteiger charge is 2.29. The van der Waals surface area contributed by atoms with Crippen LogP contribution in [0.1, 0.15) is 55.4 Å². The van der Waals surface area contributed by atoms with E-state index in [9.17, 15) is 9.59 Å². The molecule has 2 rings (SSSR count). The quantitative estimate of drug-likeness (QED) is 0.448. The van der Waals surface area contributed by atoms with Gasteiger partial charge in [0.05, 0.1) is 6.42 Å². The Bertz CT molecular complexity index is 914. The molecule has 0 bridgehead atoms. The van der Waals surface area contributed by atoms with Crippen LogP contribution in [-0.4, -0.2) is 29.3 Å². The highest BCUT2D eigenvalue weighted by Crippen LogP contribution is 2.24. The zero-order valence-electron chi connectivity index (χ0n) is 18.8. The Labute approximate surface area is 195 Å².